The zero-order valence-corrected chi connectivity index (χ0v) is 41.9. The predicted octanol–water partition coefficient (Wildman–Crippen LogP) is -2.39. The molecule has 8 atom stereocenters. The number of nitrogens with one attached hydrogen (secondary N) is 6. The first-order valence-corrected chi connectivity index (χ1v) is 24.2. The van der Waals surface area contributed by atoms with Gasteiger partial charge in [0.25, 0.3) is 0 Å². The molecule has 1 fully saturated rings. The molecule has 0 bridgehead atoms. The second-order valence-corrected chi connectivity index (χ2v) is 18.7. The van der Waals surface area contributed by atoms with Crippen LogP contribution in [0.15, 0.2) is 76.5 Å². The highest BCUT2D eigenvalue weighted by Gasteiger charge is 2.41. The SMILES string of the molecule is CC(C)[C@H](NC(=O)[C@H](CCCN=C(N)N)NC(=O)[C@@H](N)CC(N)=O)C(=O)N[C@@H](Cc1ccc(O)cc1)C(=O)N[C@H](C(=O)N[C@@H](CC1=CN=C[N]1)C(=O)N1CCC[C@H]1C(=O)N[C@@H](Cc1ccccc1)C(=O)O)C(C)C. The van der Waals surface area contributed by atoms with Crippen LogP contribution in [0.2, 0.25) is 0 Å². The van der Waals surface area contributed by atoms with Gasteiger partial charge in [-0.25, -0.2) is 15.1 Å². The van der Waals surface area contributed by atoms with Gasteiger partial charge in [0.15, 0.2) is 5.96 Å². The lowest BCUT2D eigenvalue weighted by molar-refractivity contribution is -0.145. The molecule has 401 valence electrons. The number of guanidine groups is 1. The molecule has 16 N–H and O–H groups in total. The highest BCUT2D eigenvalue weighted by molar-refractivity contribution is 5.98. The van der Waals surface area contributed by atoms with Gasteiger partial charge < -0.3 is 69.9 Å². The highest BCUT2D eigenvalue weighted by atomic mass is 16.4. The van der Waals surface area contributed by atoms with Crippen molar-refractivity contribution in [3.63, 3.8) is 0 Å². The molecule has 0 saturated carbocycles. The van der Waals surface area contributed by atoms with Gasteiger partial charge in [0, 0.05) is 32.4 Å². The van der Waals surface area contributed by atoms with E-state index in [1.54, 1.807) is 58.0 Å². The van der Waals surface area contributed by atoms with Crippen molar-refractivity contribution >= 4 is 65.5 Å². The molecule has 25 nitrogen and oxygen atoms in total. The Bertz CT molecular complexity index is 2410. The average Bonchev–Trinajstić information content (AvgIpc) is 4.06. The van der Waals surface area contributed by atoms with E-state index >= 15 is 0 Å². The van der Waals surface area contributed by atoms with Crippen molar-refractivity contribution in [3.8, 4) is 5.75 Å². The van der Waals surface area contributed by atoms with Gasteiger partial charge in [-0.2, -0.15) is 0 Å². The van der Waals surface area contributed by atoms with E-state index in [1.807, 2.05) is 0 Å². The zero-order chi connectivity index (χ0) is 54.6. The number of aliphatic imine (C=N–C) groups is 2. The van der Waals surface area contributed by atoms with E-state index in [2.05, 4.69) is 47.2 Å². The van der Waals surface area contributed by atoms with Crippen LogP contribution in [0, 0.1) is 11.8 Å². The summed E-state index contributed by atoms with van der Waals surface area (Å²) in [6, 6.07) is 4.08. The fourth-order valence-corrected chi connectivity index (χ4v) is 8.13. The third kappa shape index (κ3) is 18.2. The molecule has 4 rings (SSSR count). The Labute approximate surface area is 428 Å². The van der Waals surface area contributed by atoms with Crippen LogP contribution in [-0.2, 0) is 56.0 Å². The molecule has 1 saturated heterocycles. The minimum atomic E-state index is -1.42. The van der Waals surface area contributed by atoms with E-state index in [-0.39, 0.29) is 63.3 Å². The quantitative estimate of drug-likeness (QED) is 0.0241. The van der Waals surface area contributed by atoms with Gasteiger partial charge in [0.2, 0.25) is 47.3 Å². The van der Waals surface area contributed by atoms with Crippen molar-refractivity contribution in [2.75, 3.05) is 13.1 Å². The summed E-state index contributed by atoms with van der Waals surface area (Å²) < 4.78 is 0. The molecule has 2 aromatic rings. The van der Waals surface area contributed by atoms with Gasteiger partial charge in [-0.15, -0.1) is 0 Å². The molecule has 74 heavy (non-hydrogen) atoms. The smallest absolute Gasteiger partial charge is 0.326 e. The Morgan fingerprint density at radius 1 is 0.703 bits per heavy atom. The maximum atomic E-state index is 14.5. The second-order valence-electron chi connectivity index (χ2n) is 18.7. The molecule has 0 unspecified atom stereocenters. The van der Waals surface area contributed by atoms with Crippen LogP contribution in [0.1, 0.15) is 77.3 Å². The van der Waals surface area contributed by atoms with Crippen molar-refractivity contribution in [2.24, 2.45) is 44.8 Å². The molecule has 1 radical (unpaired) electrons. The van der Waals surface area contributed by atoms with Gasteiger partial charge >= 0.3 is 5.97 Å². The number of amides is 8. The Morgan fingerprint density at radius 2 is 1.27 bits per heavy atom. The molecule has 2 aromatic carbocycles. The standard InChI is InChI=1S/C49H69N14O11/c1-26(2)39(61-42(67)33(12-8-18-55-49(52)53)57-41(66)32(50)23-38(51)65)45(70)58-34(20-29-14-16-31(64)17-15-29)43(68)62-40(27(3)4)46(71)59-35(22-30-24-54-25-56-30)47(72)63-19-9-13-37(63)44(69)60-36(48(73)74)21-28-10-6-5-7-11-28/h5-7,10-11,14-17,24-27,32-37,39-40,64H,8-9,12-13,18-23,50H2,1-4H3,(H2,51,65)(H,57,66)(H,58,70)(H,59,71)(H,60,69)(H,61,67)(H,62,68)(H,73,74)(H4,52,53,55)/t32-,33-,34-,35-,36-,37-,39-,40-/m0/s1. The monoisotopic (exact) mass is 1030 g/mol. The number of carbonyl (C=O) groups is 9. The number of primary amides is 1. The molecule has 0 aromatic heterocycles. The molecular formula is C49H69N14O11. The third-order valence-corrected chi connectivity index (χ3v) is 12.1. The number of aromatic hydroxyl groups is 1. The molecule has 8 amide bonds. The van der Waals surface area contributed by atoms with E-state index in [0.29, 0.717) is 23.2 Å². The Hall–Kier alpha value is -8.09. The first-order chi connectivity index (χ1) is 35.0. The Kier molecular flexibility index (Phi) is 22.3. The van der Waals surface area contributed by atoms with Gasteiger partial charge in [0.1, 0.15) is 54.4 Å². The van der Waals surface area contributed by atoms with Crippen molar-refractivity contribution < 1.29 is 53.4 Å². The fraction of sp³-hybridized carbons (Fsp3) is 0.490. The minimum absolute atomic E-state index is 0.00369. The van der Waals surface area contributed by atoms with Gasteiger partial charge in [-0.05, 0) is 60.8 Å². The number of nitrogens with two attached hydrogens (primary N) is 4. The fourth-order valence-electron chi connectivity index (χ4n) is 8.13. The Balaban J connectivity index is 1.56. The normalized spacial score (nSPS) is 16.7. The summed E-state index contributed by atoms with van der Waals surface area (Å²) in [6.07, 6.45) is 2.60. The number of nitrogens with zero attached hydrogens (tertiary/aromatic N) is 4. The molecule has 25 heteroatoms. The lowest BCUT2D eigenvalue weighted by atomic mass is 9.98. The molecule has 0 aliphatic carbocycles. The molecule has 2 heterocycles. The largest absolute Gasteiger partial charge is 0.508 e. The van der Waals surface area contributed by atoms with Crippen LogP contribution in [0.5, 0.6) is 5.75 Å². The lowest BCUT2D eigenvalue weighted by Crippen LogP contribution is -2.61. The summed E-state index contributed by atoms with van der Waals surface area (Å²) in [4.78, 5) is 131. The predicted molar refractivity (Wildman–Crippen MR) is 271 cm³/mol. The topological polar surface area (TPSA) is 412 Å². The average molecular weight is 1030 g/mol. The maximum absolute atomic E-state index is 14.5. The number of carboxylic acid groups (broad SMARTS) is 1. The van der Waals surface area contributed by atoms with Crippen molar-refractivity contribution in [3.05, 3.63) is 77.6 Å². The van der Waals surface area contributed by atoms with E-state index in [4.69, 9.17) is 22.9 Å². The number of carbonyl (C=O) groups excluding carboxylic acids is 8. The summed E-state index contributed by atoms with van der Waals surface area (Å²) >= 11 is 0. The van der Waals surface area contributed by atoms with Crippen LogP contribution < -0.4 is 60.2 Å². The van der Waals surface area contributed by atoms with Crippen LogP contribution in [0.4, 0.5) is 0 Å². The molecule has 0 spiro atoms. The van der Waals surface area contributed by atoms with E-state index in [0.717, 1.165) is 0 Å². The van der Waals surface area contributed by atoms with Crippen LogP contribution >= 0.6 is 0 Å². The summed E-state index contributed by atoms with van der Waals surface area (Å²) in [6.45, 7) is 6.74. The molecule has 2 aliphatic heterocycles. The van der Waals surface area contributed by atoms with Crippen molar-refractivity contribution in [1.29, 1.82) is 0 Å². The maximum Gasteiger partial charge on any atom is 0.326 e. The van der Waals surface area contributed by atoms with Crippen LogP contribution in [0.3, 0.4) is 0 Å². The van der Waals surface area contributed by atoms with Crippen LogP contribution in [-0.4, -0.2) is 142 Å². The Morgan fingerprint density at radius 3 is 1.82 bits per heavy atom. The molecular weight excluding hydrogens is 961 g/mol. The number of carboxylic acids is 1. The summed E-state index contributed by atoms with van der Waals surface area (Å²) in [5, 5.41) is 40.0. The number of phenols is 1. The number of likely N-dealkylation sites (tertiary alicyclic amines) is 1. The third-order valence-electron chi connectivity index (χ3n) is 12.1. The van der Waals surface area contributed by atoms with Gasteiger partial charge in [-0.3, -0.25) is 43.3 Å². The first kappa shape index (κ1) is 58.5. The van der Waals surface area contributed by atoms with Gasteiger partial charge in [0.05, 0.1) is 24.4 Å². The van der Waals surface area contributed by atoms with Crippen molar-refractivity contribution in [2.45, 2.75) is 127 Å². The number of hydrogen-bond acceptors (Lipinski definition) is 13. The zero-order valence-electron chi connectivity index (χ0n) is 41.9. The number of aliphatic carboxylic acids is 1. The van der Waals surface area contributed by atoms with E-state index < -0.39 is 120 Å². The number of phenolic OH excluding ortho intramolecular Hbond substituents is 1. The lowest BCUT2D eigenvalue weighted by Gasteiger charge is -2.31. The summed E-state index contributed by atoms with van der Waals surface area (Å²) in [5.41, 5.74) is 23.4. The number of hydrogen-bond donors (Lipinski definition) is 12. The number of benzene rings is 2. The first-order valence-electron chi connectivity index (χ1n) is 24.2. The van der Waals surface area contributed by atoms with Crippen molar-refractivity contribution in [1.82, 2.24) is 42.1 Å². The van der Waals surface area contributed by atoms with E-state index in [1.165, 1.54) is 41.7 Å². The highest BCUT2D eigenvalue weighted by Crippen LogP contribution is 2.22. The summed E-state index contributed by atoms with van der Waals surface area (Å²) in [5.74, 6) is -9.12. The molecule has 2 aliphatic rings. The van der Waals surface area contributed by atoms with E-state index in [9.17, 15) is 53.4 Å². The summed E-state index contributed by atoms with van der Waals surface area (Å²) in [7, 11) is 0. The van der Waals surface area contributed by atoms with Gasteiger partial charge in [-0.1, -0.05) is 70.2 Å². The van der Waals surface area contributed by atoms with Crippen LogP contribution in [0.25, 0.3) is 0 Å². The second kappa shape index (κ2) is 28.2. The minimum Gasteiger partial charge on any atom is -0.508 e. The number of rotatable bonds is 28.